The van der Waals surface area contributed by atoms with Gasteiger partial charge in [0.2, 0.25) is 0 Å². The van der Waals surface area contributed by atoms with Crippen LogP contribution in [0.1, 0.15) is 26.2 Å². The van der Waals surface area contributed by atoms with E-state index in [0.717, 1.165) is 25.6 Å². The topological polar surface area (TPSA) is 29.3 Å². The van der Waals surface area contributed by atoms with Gasteiger partial charge in [-0.05, 0) is 31.7 Å². The van der Waals surface area contributed by atoms with Crippen molar-refractivity contribution in [2.24, 2.45) is 11.7 Å². The third-order valence-corrected chi connectivity index (χ3v) is 2.95. The average Bonchev–Trinajstić information content (AvgIpc) is 2.16. The maximum atomic E-state index is 12.0. The minimum absolute atomic E-state index is 0.205. The second-order valence-corrected chi connectivity index (χ2v) is 4.10. The number of likely N-dealkylation sites (tertiary alicyclic amines) is 1. The molecule has 1 rings (SSSR count). The molecule has 1 aliphatic heterocycles. The second-order valence-electron chi connectivity index (χ2n) is 4.10. The molecule has 0 aromatic rings. The molecule has 2 N–H and O–H groups in total. The summed E-state index contributed by atoms with van der Waals surface area (Å²) in [4.78, 5) is 2.35. The summed E-state index contributed by atoms with van der Waals surface area (Å²) < 4.78 is 12.0. The van der Waals surface area contributed by atoms with Gasteiger partial charge in [0.1, 0.15) is 0 Å². The molecule has 0 aliphatic carbocycles. The van der Waals surface area contributed by atoms with Crippen molar-refractivity contribution in [3.8, 4) is 0 Å². The van der Waals surface area contributed by atoms with Crippen molar-refractivity contribution in [1.29, 1.82) is 0 Å². The van der Waals surface area contributed by atoms with Gasteiger partial charge in [-0.3, -0.25) is 9.29 Å². The first-order valence-corrected chi connectivity index (χ1v) is 5.28. The van der Waals surface area contributed by atoms with E-state index in [9.17, 15) is 4.39 Å². The fraction of sp³-hybridized carbons (Fsp3) is 1.00. The lowest BCUT2D eigenvalue weighted by Gasteiger charge is -2.37. The maximum Gasteiger partial charge on any atom is 0.0906 e. The number of hydrogen-bond donors (Lipinski definition) is 1. The molecule has 0 radical (unpaired) electrons. The summed E-state index contributed by atoms with van der Waals surface area (Å²) in [5.41, 5.74) is 5.69. The Morgan fingerprint density at radius 2 is 2.31 bits per heavy atom. The molecule has 0 spiro atoms. The number of nitrogens with zero attached hydrogens (tertiary/aromatic N) is 1. The molecule has 0 aromatic carbocycles. The van der Waals surface area contributed by atoms with Crippen LogP contribution in [0.15, 0.2) is 0 Å². The molecule has 0 aromatic heterocycles. The zero-order valence-corrected chi connectivity index (χ0v) is 8.51. The zero-order chi connectivity index (χ0) is 9.68. The first kappa shape index (κ1) is 10.9. The van der Waals surface area contributed by atoms with E-state index in [1.165, 1.54) is 12.8 Å². The van der Waals surface area contributed by atoms with Crippen molar-refractivity contribution in [1.82, 2.24) is 4.90 Å². The van der Waals surface area contributed by atoms with E-state index in [1.54, 1.807) is 0 Å². The van der Waals surface area contributed by atoms with Crippen LogP contribution in [0.3, 0.4) is 0 Å². The van der Waals surface area contributed by atoms with Crippen LogP contribution in [-0.4, -0.2) is 37.3 Å². The normalized spacial score (nSPS) is 30.7. The number of hydrogen-bond acceptors (Lipinski definition) is 2. The summed E-state index contributed by atoms with van der Waals surface area (Å²) in [5.74, 6) is 0.787. The average molecular weight is 188 g/mol. The van der Waals surface area contributed by atoms with Crippen molar-refractivity contribution in [3.63, 3.8) is 0 Å². The van der Waals surface area contributed by atoms with Gasteiger partial charge >= 0.3 is 0 Å². The largest absolute Gasteiger partial charge is 0.329 e. The van der Waals surface area contributed by atoms with E-state index in [2.05, 4.69) is 11.8 Å². The molecule has 1 aliphatic rings. The molecule has 0 bridgehead atoms. The Morgan fingerprint density at radius 1 is 1.54 bits per heavy atom. The number of halogens is 1. The Balaban J connectivity index is 2.33. The van der Waals surface area contributed by atoms with Crippen LogP contribution in [0.4, 0.5) is 4.39 Å². The highest BCUT2D eigenvalue weighted by atomic mass is 19.1. The van der Waals surface area contributed by atoms with Gasteiger partial charge in [-0.15, -0.1) is 0 Å². The van der Waals surface area contributed by atoms with Crippen LogP contribution in [0, 0.1) is 5.92 Å². The van der Waals surface area contributed by atoms with E-state index < -0.39 is 0 Å². The third-order valence-electron chi connectivity index (χ3n) is 2.95. The highest BCUT2D eigenvalue weighted by Crippen LogP contribution is 2.21. The number of piperidine rings is 1. The van der Waals surface area contributed by atoms with Crippen LogP contribution in [0.5, 0.6) is 0 Å². The fourth-order valence-electron chi connectivity index (χ4n) is 2.10. The molecule has 2 nitrogen and oxygen atoms in total. The molecule has 2 atom stereocenters. The quantitative estimate of drug-likeness (QED) is 0.722. The molecule has 0 amide bonds. The standard InChI is InChI=1S/C10H21FN2/c1-9-3-6-13(5-2-4-11)10(7-9)8-12/h9-10H,2-8,12H2,1H3. The maximum absolute atomic E-state index is 12.0. The molecule has 1 saturated heterocycles. The summed E-state index contributed by atoms with van der Waals surface area (Å²) >= 11 is 0. The fourth-order valence-corrected chi connectivity index (χ4v) is 2.10. The van der Waals surface area contributed by atoms with Crippen molar-refractivity contribution >= 4 is 0 Å². The van der Waals surface area contributed by atoms with Gasteiger partial charge < -0.3 is 5.73 Å². The Bertz CT molecular complexity index is 139. The first-order chi connectivity index (χ1) is 6.27. The Hall–Kier alpha value is -0.150. The van der Waals surface area contributed by atoms with E-state index in [1.807, 2.05) is 0 Å². The summed E-state index contributed by atoms with van der Waals surface area (Å²) in [6, 6.07) is 0.496. The minimum atomic E-state index is -0.205. The summed E-state index contributed by atoms with van der Waals surface area (Å²) in [6.45, 7) is 4.77. The lowest BCUT2D eigenvalue weighted by Crippen LogP contribution is -2.46. The van der Waals surface area contributed by atoms with Gasteiger partial charge in [0, 0.05) is 19.1 Å². The number of nitrogens with two attached hydrogens (primary N) is 1. The minimum Gasteiger partial charge on any atom is -0.329 e. The van der Waals surface area contributed by atoms with E-state index in [-0.39, 0.29) is 6.67 Å². The third kappa shape index (κ3) is 3.24. The van der Waals surface area contributed by atoms with Crippen molar-refractivity contribution in [2.45, 2.75) is 32.2 Å². The van der Waals surface area contributed by atoms with Gasteiger partial charge in [-0.25, -0.2) is 0 Å². The predicted molar refractivity (Wildman–Crippen MR) is 53.4 cm³/mol. The molecule has 1 heterocycles. The first-order valence-electron chi connectivity index (χ1n) is 5.28. The SMILES string of the molecule is CC1CCN(CCCF)C(CN)C1. The van der Waals surface area contributed by atoms with Crippen LogP contribution in [0.2, 0.25) is 0 Å². The second kappa shape index (κ2) is 5.55. The molecular weight excluding hydrogens is 167 g/mol. The van der Waals surface area contributed by atoms with Crippen LogP contribution in [-0.2, 0) is 0 Å². The lowest BCUT2D eigenvalue weighted by molar-refractivity contribution is 0.118. The molecule has 3 heteroatoms. The Kier molecular flexibility index (Phi) is 4.67. The van der Waals surface area contributed by atoms with Gasteiger partial charge in [0.25, 0.3) is 0 Å². The molecule has 13 heavy (non-hydrogen) atoms. The molecule has 2 unspecified atom stereocenters. The number of alkyl halides is 1. The Labute approximate surface area is 80.3 Å². The smallest absolute Gasteiger partial charge is 0.0906 e. The summed E-state index contributed by atoms with van der Waals surface area (Å²) in [6.07, 6.45) is 3.08. The molecule has 0 saturated carbocycles. The predicted octanol–water partition coefficient (Wildman–Crippen LogP) is 1.41. The molecular formula is C10H21FN2. The van der Waals surface area contributed by atoms with Crippen molar-refractivity contribution < 1.29 is 4.39 Å². The molecule has 1 fully saturated rings. The lowest BCUT2D eigenvalue weighted by atomic mass is 9.92. The van der Waals surface area contributed by atoms with Crippen LogP contribution < -0.4 is 5.73 Å². The summed E-state index contributed by atoms with van der Waals surface area (Å²) in [7, 11) is 0. The zero-order valence-electron chi connectivity index (χ0n) is 8.51. The number of rotatable bonds is 4. The van der Waals surface area contributed by atoms with Crippen LogP contribution in [0.25, 0.3) is 0 Å². The van der Waals surface area contributed by atoms with Crippen LogP contribution >= 0.6 is 0 Å². The summed E-state index contributed by atoms with van der Waals surface area (Å²) in [5, 5.41) is 0. The van der Waals surface area contributed by atoms with E-state index >= 15 is 0 Å². The van der Waals surface area contributed by atoms with E-state index in [4.69, 9.17) is 5.73 Å². The van der Waals surface area contributed by atoms with Gasteiger partial charge in [0.15, 0.2) is 0 Å². The van der Waals surface area contributed by atoms with Gasteiger partial charge in [-0.2, -0.15) is 0 Å². The highest BCUT2D eigenvalue weighted by Gasteiger charge is 2.24. The van der Waals surface area contributed by atoms with Crippen molar-refractivity contribution in [2.75, 3.05) is 26.3 Å². The Morgan fingerprint density at radius 3 is 2.92 bits per heavy atom. The highest BCUT2D eigenvalue weighted by molar-refractivity contribution is 4.80. The van der Waals surface area contributed by atoms with Gasteiger partial charge in [-0.1, -0.05) is 6.92 Å². The van der Waals surface area contributed by atoms with E-state index in [0.29, 0.717) is 12.5 Å². The molecule has 78 valence electrons. The monoisotopic (exact) mass is 188 g/mol. The van der Waals surface area contributed by atoms with Gasteiger partial charge in [0.05, 0.1) is 6.67 Å². The van der Waals surface area contributed by atoms with Crippen molar-refractivity contribution in [3.05, 3.63) is 0 Å².